The standard InChI is InChI=1S/C11H20N2OS/c1-8-2-3-9(4-8)5-12-11(14)10-6-15-7-13-10/h8-10,13H,2-7H2,1H3,(H,12,14). The highest BCUT2D eigenvalue weighted by Gasteiger charge is 2.25. The van der Waals surface area contributed by atoms with Crippen molar-refractivity contribution in [1.29, 1.82) is 0 Å². The predicted molar refractivity (Wildman–Crippen MR) is 63.8 cm³/mol. The zero-order chi connectivity index (χ0) is 10.7. The third-order valence-corrected chi connectivity index (χ3v) is 4.34. The Balaban J connectivity index is 1.66. The summed E-state index contributed by atoms with van der Waals surface area (Å²) in [5.74, 6) is 3.61. The highest BCUT2D eigenvalue weighted by Crippen LogP contribution is 2.29. The van der Waals surface area contributed by atoms with E-state index in [-0.39, 0.29) is 11.9 Å². The van der Waals surface area contributed by atoms with Crippen molar-refractivity contribution < 1.29 is 4.79 Å². The van der Waals surface area contributed by atoms with Gasteiger partial charge in [-0.2, -0.15) is 0 Å². The lowest BCUT2D eigenvalue weighted by molar-refractivity contribution is -0.122. The molecule has 2 N–H and O–H groups in total. The van der Waals surface area contributed by atoms with E-state index in [9.17, 15) is 4.79 Å². The van der Waals surface area contributed by atoms with Crippen molar-refractivity contribution >= 4 is 17.7 Å². The molecule has 0 spiro atoms. The number of nitrogens with one attached hydrogen (secondary N) is 2. The maximum Gasteiger partial charge on any atom is 0.238 e. The second-order valence-electron chi connectivity index (χ2n) is 4.80. The van der Waals surface area contributed by atoms with Crippen molar-refractivity contribution in [3.8, 4) is 0 Å². The van der Waals surface area contributed by atoms with Crippen LogP contribution in [-0.2, 0) is 4.79 Å². The molecular formula is C11H20N2OS. The zero-order valence-corrected chi connectivity index (χ0v) is 10.1. The Bertz CT molecular complexity index is 229. The van der Waals surface area contributed by atoms with Gasteiger partial charge in [0.1, 0.15) is 0 Å². The number of carbonyl (C=O) groups is 1. The van der Waals surface area contributed by atoms with E-state index in [0.717, 1.165) is 30.0 Å². The highest BCUT2D eigenvalue weighted by atomic mass is 32.2. The van der Waals surface area contributed by atoms with Crippen molar-refractivity contribution in [2.75, 3.05) is 18.2 Å². The smallest absolute Gasteiger partial charge is 0.238 e. The monoisotopic (exact) mass is 228 g/mol. The molecule has 2 rings (SSSR count). The maximum atomic E-state index is 11.7. The molecule has 0 aromatic carbocycles. The first kappa shape index (κ1) is 11.3. The van der Waals surface area contributed by atoms with E-state index >= 15 is 0 Å². The van der Waals surface area contributed by atoms with Crippen LogP contribution in [0, 0.1) is 11.8 Å². The molecule has 1 aliphatic heterocycles. The minimum Gasteiger partial charge on any atom is -0.354 e. The van der Waals surface area contributed by atoms with E-state index < -0.39 is 0 Å². The van der Waals surface area contributed by atoms with Crippen LogP contribution in [-0.4, -0.2) is 30.1 Å². The Kier molecular flexibility index (Phi) is 3.92. The lowest BCUT2D eigenvalue weighted by atomic mass is 10.1. The van der Waals surface area contributed by atoms with E-state index in [0.29, 0.717) is 0 Å². The van der Waals surface area contributed by atoms with Crippen molar-refractivity contribution in [2.45, 2.75) is 32.2 Å². The van der Waals surface area contributed by atoms with Crippen molar-refractivity contribution in [3.05, 3.63) is 0 Å². The first-order chi connectivity index (χ1) is 7.25. The molecule has 1 saturated carbocycles. The van der Waals surface area contributed by atoms with Gasteiger partial charge < -0.3 is 5.32 Å². The molecule has 1 saturated heterocycles. The fraction of sp³-hybridized carbons (Fsp3) is 0.909. The van der Waals surface area contributed by atoms with Gasteiger partial charge in [-0.15, -0.1) is 11.8 Å². The van der Waals surface area contributed by atoms with Gasteiger partial charge in [0.15, 0.2) is 0 Å². The average molecular weight is 228 g/mol. The average Bonchev–Trinajstić information content (AvgIpc) is 2.84. The summed E-state index contributed by atoms with van der Waals surface area (Å²) >= 11 is 1.80. The molecule has 2 fully saturated rings. The zero-order valence-electron chi connectivity index (χ0n) is 9.29. The Morgan fingerprint density at radius 2 is 2.40 bits per heavy atom. The fourth-order valence-corrected chi connectivity index (χ4v) is 3.38. The van der Waals surface area contributed by atoms with E-state index in [1.54, 1.807) is 11.8 Å². The molecule has 3 nitrogen and oxygen atoms in total. The number of carbonyl (C=O) groups excluding carboxylic acids is 1. The van der Waals surface area contributed by atoms with Crippen LogP contribution in [0.15, 0.2) is 0 Å². The fourth-order valence-electron chi connectivity index (χ4n) is 2.44. The third-order valence-electron chi connectivity index (χ3n) is 3.40. The normalized spacial score (nSPS) is 35.7. The first-order valence-corrected chi connectivity index (χ1v) is 7.00. The van der Waals surface area contributed by atoms with Crippen LogP contribution < -0.4 is 10.6 Å². The van der Waals surface area contributed by atoms with Crippen molar-refractivity contribution in [2.24, 2.45) is 11.8 Å². The molecule has 15 heavy (non-hydrogen) atoms. The minimum atomic E-state index is 0.0498. The van der Waals surface area contributed by atoms with Gasteiger partial charge >= 0.3 is 0 Å². The molecular weight excluding hydrogens is 208 g/mol. The van der Waals surface area contributed by atoms with Crippen molar-refractivity contribution in [1.82, 2.24) is 10.6 Å². The van der Waals surface area contributed by atoms with Crippen LogP contribution in [0.5, 0.6) is 0 Å². The molecule has 1 heterocycles. The summed E-state index contributed by atoms with van der Waals surface area (Å²) in [7, 11) is 0. The van der Waals surface area contributed by atoms with Gasteiger partial charge in [-0.3, -0.25) is 10.1 Å². The summed E-state index contributed by atoms with van der Waals surface area (Å²) in [6.07, 6.45) is 3.90. The van der Waals surface area contributed by atoms with E-state index in [4.69, 9.17) is 0 Å². The maximum absolute atomic E-state index is 11.7. The molecule has 4 heteroatoms. The lowest BCUT2D eigenvalue weighted by Crippen LogP contribution is -2.43. The SMILES string of the molecule is CC1CCC(CNC(=O)C2CSCN2)C1. The van der Waals surface area contributed by atoms with Crippen LogP contribution in [0.1, 0.15) is 26.2 Å². The second kappa shape index (κ2) is 5.21. The molecule has 0 aromatic heterocycles. The largest absolute Gasteiger partial charge is 0.354 e. The van der Waals surface area contributed by atoms with E-state index in [1.165, 1.54) is 19.3 Å². The molecule has 86 valence electrons. The molecule has 3 atom stereocenters. The third kappa shape index (κ3) is 3.11. The molecule has 1 amide bonds. The summed E-state index contributed by atoms with van der Waals surface area (Å²) in [5.41, 5.74) is 0. The number of thioether (sulfide) groups is 1. The number of hydrogen-bond donors (Lipinski definition) is 2. The predicted octanol–water partition coefficient (Wildman–Crippen LogP) is 1.20. The summed E-state index contributed by atoms with van der Waals surface area (Å²) in [6, 6.07) is 0.0498. The van der Waals surface area contributed by atoms with Gasteiger partial charge in [0.25, 0.3) is 0 Å². The number of hydrogen-bond acceptors (Lipinski definition) is 3. The number of amides is 1. The Labute approximate surface area is 95.8 Å². The first-order valence-electron chi connectivity index (χ1n) is 5.84. The molecule has 3 unspecified atom stereocenters. The molecule has 0 radical (unpaired) electrons. The summed E-state index contributed by atoms with van der Waals surface area (Å²) < 4.78 is 0. The number of rotatable bonds is 3. The molecule has 1 aliphatic carbocycles. The second-order valence-corrected chi connectivity index (χ2v) is 5.83. The Hall–Kier alpha value is -0.220. The van der Waals surface area contributed by atoms with Crippen LogP contribution >= 0.6 is 11.8 Å². The Morgan fingerprint density at radius 1 is 1.53 bits per heavy atom. The van der Waals surface area contributed by atoms with Crippen LogP contribution in [0.25, 0.3) is 0 Å². The topological polar surface area (TPSA) is 41.1 Å². The quantitative estimate of drug-likeness (QED) is 0.762. The summed E-state index contributed by atoms with van der Waals surface area (Å²) in [6.45, 7) is 3.18. The van der Waals surface area contributed by atoms with Crippen LogP contribution in [0.2, 0.25) is 0 Å². The van der Waals surface area contributed by atoms with Gasteiger partial charge in [0, 0.05) is 18.2 Å². The van der Waals surface area contributed by atoms with Crippen LogP contribution in [0.4, 0.5) is 0 Å². The van der Waals surface area contributed by atoms with Crippen molar-refractivity contribution in [3.63, 3.8) is 0 Å². The van der Waals surface area contributed by atoms with Gasteiger partial charge in [0.2, 0.25) is 5.91 Å². The summed E-state index contributed by atoms with van der Waals surface area (Å²) in [5, 5.41) is 6.26. The summed E-state index contributed by atoms with van der Waals surface area (Å²) in [4.78, 5) is 11.7. The highest BCUT2D eigenvalue weighted by molar-refractivity contribution is 7.99. The van der Waals surface area contributed by atoms with Crippen LogP contribution in [0.3, 0.4) is 0 Å². The van der Waals surface area contributed by atoms with Gasteiger partial charge in [0.05, 0.1) is 6.04 Å². The Morgan fingerprint density at radius 3 is 3.00 bits per heavy atom. The molecule has 0 bridgehead atoms. The minimum absolute atomic E-state index is 0.0498. The lowest BCUT2D eigenvalue weighted by Gasteiger charge is -2.14. The molecule has 0 aromatic rings. The van der Waals surface area contributed by atoms with E-state index in [1.807, 2.05) is 0 Å². The van der Waals surface area contributed by atoms with E-state index in [2.05, 4.69) is 17.6 Å². The van der Waals surface area contributed by atoms with Gasteiger partial charge in [-0.05, 0) is 24.7 Å². The van der Waals surface area contributed by atoms with Gasteiger partial charge in [-0.1, -0.05) is 13.3 Å². The molecule has 2 aliphatic rings. The van der Waals surface area contributed by atoms with Gasteiger partial charge in [-0.25, -0.2) is 0 Å².